The van der Waals surface area contributed by atoms with E-state index in [0.717, 1.165) is 12.0 Å². The molecule has 1 heterocycles. The number of aromatic nitrogens is 2. The number of ether oxygens (including phenoxy) is 1. The standard InChI is InChI=1S/C18H21N3O4/c1-5-13-6-8-14(9-7-13)19-15(22)10-25-18(24)17(23)16-11(2)20-21(4)12(16)3/h6-9H,5,10H2,1-4H3,(H,19,22). The van der Waals surface area contributed by atoms with E-state index in [-0.39, 0.29) is 5.56 Å². The second kappa shape index (κ2) is 7.74. The number of aryl methyl sites for hydroxylation is 3. The van der Waals surface area contributed by atoms with Crippen LogP contribution in [0.3, 0.4) is 0 Å². The molecule has 0 aliphatic carbocycles. The molecule has 0 spiro atoms. The van der Waals surface area contributed by atoms with Crippen molar-refractivity contribution in [2.75, 3.05) is 11.9 Å². The Kier molecular flexibility index (Phi) is 5.69. The lowest BCUT2D eigenvalue weighted by molar-refractivity contribution is -0.142. The normalized spacial score (nSPS) is 10.4. The Labute approximate surface area is 146 Å². The Bertz CT molecular complexity index is 806. The number of Topliss-reactive ketones (excluding diaryl/α,β-unsaturated/α-hetero) is 1. The van der Waals surface area contributed by atoms with Gasteiger partial charge in [-0.25, -0.2) is 4.79 Å². The summed E-state index contributed by atoms with van der Waals surface area (Å²) in [5, 5.41) is 6.70. The molecule has 1 aromatic heterocycles. The topological polar surface area (TPSA) is 90.3 Å². The van der Waals surface area contributed by atoms with Gasteiger partial charge in [-0.15, -0.1) is 0 Å². The van der Waals surface area contributed by atoms with Gasteiger partial charge in [0, 0.05) is 18.4 Å². The van der Waals surface area contributed by atoms with Crippen molar-refractivity contribution in [3.8, 4) is 0 Å². The van der Waals surface area contributed by atoms with Crippen LogP contribution in [0.2, 0.25) is 0 Å². The molecule has 132 valence electrons. The molecule has 2 aromatic rings. The predicted molar refractivity (Wildman–Crippen MR) is 92.4 cm³/mol. The molecule has 1 amide bonds. The molecule has 0 saturated carbocycles. The molecule has 1 N–H and O–H groups in total. The van der Waals surface area contributed by atoms with Crippen molar-refractivity contribution in [3.63, 3.8) is 0 Å². The number of nitrogens with one attached hydrogen (secondary N) is 1. The zero-order valence-corrected chi connectivity index (χ0v) is 14.8. The predicted octanol–water partition coefficient (Wildman–Crippen LogP) is 1.96. The number of ketones is 1. The highest BCUT2D eigenvalue weighted by Crippen LogP contribution is 2.13. The largest absolute Gasteiger partial charge is 0.450 e. The van der Waals surface area contributed by atoms with Crippen molar-refractivity contribution in [2.45, 2.75) is 27.2 Å². The molecule has 7 heteroatoms. The van der Waals surface area contributed by atoms with E-state index in [1.165, 1.54) is 4.68 Å². The summed E-state index contributed by atoms with van der Waals surface area (Å²) in [7, 11) is 1.68. The Morgan fingerprint density at radius 2 is 1.80 bits per heavy atom. The molecule has 0 aliphatic rings. The fourth-order valence-electron chi connectivity index (χ4n) is 2.42. The third kappa shape index (κ3) is 4.32. The van der Waals surface area contributed by atoms with E-state index in [1.54, 1.807) is 33.0 Å². The minimum atomic E-state index is -1.07. The van der Waals surface area contributed by atoms with E-state index in [0.29, 0.717) is 17.1 Å². The summed E-state index contributed by atoms with van der Waals surface area (Å²) in [6.07, 6.45) is 0.904. The van der Waals surface area contributed by atoms with Crippen LogP contribution in [0.15, 0.2) is 24.3 Å². The second-order valence-corrected chi connectivity index (χ2v) is 5.67. The highest BCUT2D eigenvalue weighted by molar-refractivity contribution is 6.41. The minimum absolute atomic E-state index is 0.211. The van der Waals surface area contributed by atoms with Gasteiger partial charge < -0.3 is 10.1 Å². The number of carbonyl (C=O) groups excluding carboxylic acids is 3. The van der Waals surface area contributed by atoms with Crippen LogP contribution in [0.1, 0.15) is 34.2 Å². The SMILES string of the molecule is CCc1ccc(NC(=O)COC(=O)C(=O)c2c(C)nn(C)c2C)cc1. The van der Waals surface area contributed by atoms with Crippen molar-refractivity contribution in [2.24, 2.45) is 7.05 Å². The maximum atomic E-state index is 12.2. The lowest BCUT2D eigenvalue weighted by atomic mass is 10.1. The summed E-state index contributed by atoms with van der Waals surface area (Å²) in [6.45, 7) is 4.83. The number of amides is 1. The van der Waals surface area contributed by atoms with E-state index in [2.05, 4.69) is 10.4 Å². The average Bonchev–Trinajstić information content (AvgIpc) is 2.85. The third-order valence-corrected chi connectivity index (χ3v) is 3.90. The smallest absolute Gasteiger partial charge is 0.380 e. The van der Waals surface area contributed by atoms with Crippen molar-refractivity contribution in [1.82, 2.24) is 9.78 Å². The van der Waals surface area contributed by atoms with E-state index < -0.39 is 24.3 Å². The Morgan fingerprint density at radius 3 is 2.32 bits per heavy atom. The first kappa shape index (κ1) is 18.4. The van der Waals surface area contributed by atoms with E-state index in [1.807, 2.05) is 19.1 Å². The molecule has 0 aliphatic heterocycles. The van der Waals surface area contributed by atoms with Crippen molar-refractivity contribution in [3.05, 3.63) is 46.8 Å². The lowest BCUT2D eigenvalue weighted by Gasteiger charge is -2.07. The first-order valence-corrected chi connectivity index (χ1v) is 7.94. The van der Waals surface area contributed by atoms with E-state index >= 15 is 0 Å². The van der Waals surface area contributed by atoms with Crippen LogP contribution in [0.4, 0.5) is 5.69 Å². The molecule has 0 saturated heterocycles. The van der Waals surface area contributed by atoms with Gasteiger partial charge in [-0.3, -0.25) is 14.3 Å². The number of esters is 1. The molecular formula is C18H21N3O4. The summed E-state index contributed by atoms with van der Waals surface area (Å²) in [4.78, 5) is 35.9. The van der Waals surface area contributed by atoms with Gasteiger partial charge in [0.15, 0.2) is 6.61 Å². The van der Waals surface area contributed by atoms with Crippen LogP contribution >= 0.6 is 0 Å². The van der Waals surface area contributed by atoms with Gasteiger partial charge in [-0.1, -0.05) is 19.1 Å². The van der Waals surface area contributed by atoms with Crippen LogP contribution in [0.5, 0.6) is 0 Å². The fraction of sp³-hybridized carbons (Fsp3) is 0.333. The van der Waals surface area contributed by atoms with Gasteiger partial charge in [0.05, 0.1) is 11.3 Å². The summed E-state index contributed by atoms with van der Waals surface area (Å²) < 4.78 is 6.34. The van der Waals surface area contributed by atoms with Gasteiger partial charge in [0.25, 0.3) is 11.7 Å². The van der Waals surface area contributed by atoms with Crippen molar-refractivity contribution in [1.29, 1.82) is 0 Å². The molecule has 7 nitrogen and oxygen atoms in total. The highest BCUT2D eigenvalue weighted by atomic mass is 16.5. The van der Waals surface area contributed by atoms with Crippen LogP contribution in [-0.2, 0) is 27.8 Å². The Hall–Kier alpha value is -2.96. The first-order valence-electron chi connectivity index (χ1n) is 7.94. The van der Waals surface area contributed by atoms with Gasteiger partial charge >= 0.3 is 5.97 Å². The molecule has 1 aromatic carbocycles. The summed E-state index contributed by atoms with van der Waals surface area (Å²) in [5.41, 5.74) is 2.98. The summed E-state index contributed by atoms with van der Waals surface area (Å²) in [5.74, 6) is -2.39. The van der Waals surface area contributed by atoms with Crippen LogP contribution < -0.4 is 5.32 Å². The molecule has 0 radical (unpaired) electrons. The average molecular weight is 343 g/mol. The number of hydrogen-bond acceptors (Lipinski definition) is 5. The van der Waals surface area contributed by atoms with Gasteiger partial charge in [0.1, 0.15) is 0 Å². The maximum Gasteiger partial charge on any atom is 0.380 e. The van der Waals surface area contributed by atoms with Gasteiger partial charge in [-0.05, 0) is 38.0 Å². The first-order chi connectivity index (χ1) is 11.8. The number of rotatable bonds is 6. The molecule has 0 fully saturated rings. The molecule has 25 heavy (non-hydrogen) atoms. The zero-order valence-electron chi connectivity index (χ0n) is 14.8. The van der Waals surface area contributed by atoms with Gasteiger partial charge in [-0.2, -0.15) is 5.10 Å². The Morgan fingerprint density at radius 1 is 1.16 bits per heavy atom. The zero-order chi connectivity index (χ0) is 18.6. The van der Waals surface area contributed by atoms with Crippen LogP contribution in [0, 0.1) is 13.8 Å². The molecular weight excluding hydrogens is 322 g/mol. The minimum Gasteiger partial charge on any atom is -0.450 e. The molecule has 0 atom stereocenters. The number of anilines is 1. The summed E-state index contributed by atoms with van der Waals surface area (Å²) >= 11 is 0. The quantitative estimate of drug-likeness (QED) is 0.492. The fourth-order valence-corrected chi connectivity index (χ4v) is 2.42. The van der Waals surface area contributed by atoms with Crippen molar-refractivity contribution >= 4 is 23.3 Å². The van der Waals surface area contributed by atoms with Crippen LogP contribution in [-0.4, -0.2) is 34.0 Å². The number of benzene rings is 1. The monoisotopic (exact) mass is 343 g/mol. The van der Waals surface area contributed by atoms with E-state index in [4.69, 9.17) is 4.74 Å². The van der Waals surface area contributed by atoms with Crippen LogP contribution in [0.25, 0.3) is 0 Å². The molecule has 0 unspecified atom stereocenters. The number of nitrogens with zero attached hydrogens (tertiary/aromatic N) is 2. The summed E-state index contributed by atoms with van der Waals surface area (Å²) in [6, 6.07) is 7.34. The lowest BCUT2D eigenvalue weighted by Crippen LogP contribution is -2.25. The maximum absolute atomic E-state index is 12.2. The highest BCUT2D eigenvalue weighted by Gasteiger charge is 2.25. The molecule has 2 rings (SSSR count). The van der Waals surface area contributed by atoms with Gasteiger partial charge in [0.2, 0.25) is 0 Å². The third-order valence-electron chi connectivity index (χ3n) is 3.90. The van der Waals surface area contributed by atoms with Crippen molar-refractivity contribution < 1.29 is 19.1 Å². The second-order valence-electron chi connectivity index (χ2n) is 5.67. The van der Waals surface area contributed by atoms with E-state index in [9.17, 15) is 14.4 Å². The molecule has 0 bridgehead atoms. The number of hydrogen-bond donors (Lipinski definition) is 1. The number of carbonyl (C=O) groups is 3. The Balaban J connectivity index is 1.92.